The number of halogens is 1. The van der Waals surface area contributed by atoms with Crippen molar-refractivity contribution in [3.8, 4) is 28.7 Å². The van der Waals surface area contributed by atoms with Crippen molar-refractivity contribution in [2.75, 3.05) is 14.2 Å². The number of ether oxygens (including phenoxy) is 3. The van der Waals surface area contributed by atoms with E-state index in [0.29, 0.717) is 46.9 Å². The summed E-state index contributed by atoms with van der Waals surface area (Å²) in [4.78, 5) is 34.5. The average Bonchev–Trinajstić information content (AvgIpc) is 3.81. The van der Waals surface area contributed by atoms with Gasteiger partial charge in [0.1, 0.15) is 23.1 Å². The van der Waals surface area contributed by atoms with Crippen molar-refractivity contribution < 1.29 is 47.9 Å². The van der Waals surface area contributed by atoms with Crippen LogP contribution < -0.4 is 18.9 Å². The molecular formula is C30H27BFNO9. The normalized spacial score (nSPS) is 13.4. The highest BCUT2D eigenvalue weighted by molar-refractivity contribution is 6.35. The van der Waals surface area contributed by atoms with Gasteiger partial charge in [-0.25, -0.2) is 9.20 Å². The second-order valence-corrected chi connectivity index (χ2v) is 9.84. The minimum absolute atomic E-state index is 0.0467. The predicted molar refractivity (Wildman–Crippen MR) is 149 cm³/mol. The van der Waals surface area contributed by atoms with Gasteiger partial charge in [-0.15, -0.1) is 0 Å². The van der Waals surface area contributed by atoms with Crippen molar-refractivity contribution in [1.82, 2.24) is 4.98 Å². The molecule has 4 aromatic rings. The summed E-state index contributed by atoms with van der Waals surface area (Å²) in [5, 5.41) is 18.7. The number of hydrogen-bond donors (Lipinski definition) is 2. The maximum atomic E-state index is 13.7. The maximum Gasteiger partial charge on any atom is 0.738 e. The van der Waals surface area contributed by atoms with Crippen molar-refractivity contribution in [3.63, 3.8) is 0 Å². The van der Waals surface area contributed by atoms with Gasteiger partial charge in [-0.2, -0.15) is 0 Å². The van der Waals surface area contributed by atoms with Crippen LogP contribution >= 0.6 is 0 Å². The van der Waals surface area contributed by atoms with Gasteiger partial charge in [-0.1, -0.05) is 18.2 Å². The summed E-state index contributed by atoms with van der Waals surface area (Å²) in [7, 11) is 1.04. The van der Waals surface area contributed by atoms with Gasteiger partial charge in [0.15, 0.2) is 23.1 Å². The van der Waals surface area contributed by atoms with Crippen LogP contribution in [0.15, 0.2) is 66.9 Å². The quantitative estimate of drug-likeness (QED) is 0.0998. The number of aromatic nitrogens is 1. The number of ketones is 2. The van der Waals surface area contributed by atoms with Crippen LogP contribution in [-0.4, -0.2) is 48.4 Å². The third-order valence-electron chi connectivity index (χ3n) is 7.24. The van der Waals surface area contributed by atoms with Crippen LogP contribution in [0.2, 0.25) is 0 Å². The Morgan fingerprint density at radius 3 is 2.26 bits per heavy atom. The number of fused-ring (bicyclic) bond motifs is 1. The number of nitrogens with zero attached hydrogens (tertiary/aromatic N) is 1. The summed E-state index contributed by atoms with van der Waals surface area (Å²) in [5.41, 5.74) is 0.497. The van der Waals surface area contributed by atoms with E-state index >= 15 is 0 Å². The zero-order valence-electron chi connectivity index (χ0n) is 22.8. The summed E-state index contributed by atoms with van der Waals surface area (Å²) < 4.78 is 35.5. The molecule has 12 heteroatoms. The molecule has 1 aromatic heterocycles. The number of carbonyl (C=O) groups excluding carboxylic acids is 2. The maximum absolute atomic E-state index is 13.7. The second kappa shape index (κ2) is 12.2. The number of hydrogen-bond acceptors (Lipinski definition) is 10. The van der Waals surface area contributed by atoms with Gasteiger partial charge in [-0.3, -0.25) is 19.8 Å². The zero-order valence-corrected chi connectivity index (χ0v) is 22.8. The van der Waals surface area contributed by atoms with E-state index in [2.05, 4.69) is 9.79 Å². The minimum atomic E-state index is -2.06. The van der Waals surface area contributed by atoms with E-state index in [0.717, 1.165) is 17.5 Å². The van der Waals surface area contributed by atoms with Gasteiger partial charge >= 0.3 is 7.32 Å². The number of Topliss-reactive ketones (excluding diaryl/α,β-unsaturated/α-hetero) is 2. The van der Waals surface area contributed by atoms with Crippen molar-refractivity contribution >= 4 is 29.8 Å². The molecule has 1 aliphatic carbocycles. The first kappa shape index (κ1) is 29.0. The van der Waals surface area contributed by atoms with Gasteiger partial charge in [0.25, 0.3) is 0 Å². The molecular weight excluding hydrogens is 548 g/mol. The van der Waals surface area contributed by atoms with E-state index in [9.17, 15) is 19.0 Å². The van der Waals surface area contributed by atoms with Crippen LogP contribution in [0.1, 0.15) is 24.0 Å². The van der Waals surface area contributed by atoms with Crippen LogP contribution in [-0.2, 0) is 27.2 Å². The van der Waals surface area contributed by atoms with Gasteiger partial charge in [0.05, 0.1) is 25.2 Å². The van der Waals surface area contributed by atoms with E-state index in [1.165, 1.54) is 6.07 Å². The molecule has 5 rings (SSSR count). The van der Waals surface area contributed by atoms with E-state index in [4.69, 9.17) is 24.1 Å². The molecule has 0 unspecified atom stereocenters. The molecule has 0 amide bonds. The van der Waals surface area contributed by atoms with E-state index in [1.54, 1.807) is 62.9 Å². The number of pyridine rings is 1. The number of carbonyl (C=O) groups is 2. The molecule has 0 saturated heterocycles. The molecule has 3 aromatic carbocycles. The Labute approximate surface area is 240 Å². The molecule has 0 spiro atoms. The van der Waals surface area contributed by atoms with Crippen LogP contribution in [0.5, 0.6) is 28.7 Å². The van der Waals surface area contributed by atoms with Crippen LogP contribution in [0.3, 0.4) is 0 Å². The lowest BCUT2D eigenvalue weighted by atomic mass is 9.87. The second-order valence-electron chi connectivity index (χ2n) is 9.84. The molecule has 0 radical (unpaired) electrons. The first-order valence-corrected chi connectivity index (χ1v) is 13.0. The third kappa shape index (κ3) is 6.05. The van der Waals surface area contributed by atoms with Gasteiger partial charge < -0.3 is 23.9 Å². The monoisotopic (exact) mass is 575 g/mol. The summed E-state index contributed by atoms with van der Waals surface area (Å²) in [6.07, 6.45) is 2.28. The Balaban J connectivity index is 1.26. The lowest BCUT2D eigenvalue weighted by Crippen LogP contribution is -2.29. The first-order chi connectivity index (χ1) is 20.3. The molecule has 216 valence electrons. The zero-order chi connectivity index (χ0) is 29.9. The summed E-state index contributed by atoms with van der Waals surface area (Å²) >= 11 is 0. The fourth-order valence-electron chi connectivity index (χ4n) is 4.79. The Hall–Kier alpha value is -4.52. The molecule has 0 aliphatic heterocycles. The highest BCUT2D eigenvalue weighted by atomic mass is 19.1. The average molecular weight is 575 g/mol. The standard InChI is InChI=1S/C30H27BFNO9/c1-38-26-16-22-23(17-27(26)39-2)33-12-9-24(22)40-21-7-3-18(4-8-21)13-28(34)30(10-11-30)29(35)14-19-5-6-20(32)15-25(19)41-31(36)42-37/h3-9,12,15-17,36-37H,10-11,13-14H2,1-2H3. The predicted octanol–water partition coefficient (Wildman–Crippen LogP) is 4.73. The fourth-order valence-corrected chi connectivity index (χ4v) is 4.79. The summed E-state index contributed by atoms with van der Waals surface area (Å²) in [6.45, 7) is 0. The van der Waals surface area contributed by atoms with Crippen LogP contribution in [0.4, 0.5) is 4.39 Å². The molecule has 1 fully saturated rings. The smallest absolute Gasteiger partial charge is 0.510 e. The lowest BCUT2D eigenvalue weighted by molar-refractivity contribution is -0.171. The number of benzene rings is 3. The molecule has 10 nitrogen and oxygen atoms in total. The Kier molecular flexibility index (Phi) is 8.39. The molecule has 42 heavy (non-hydrogen) atoms. The molecule has 0 atom stereocenters. The largest absolute Gasteiger partial charge is 0.738 e. The van der Waals surface area contributed by atoms with Crippen LogP contribution in [0.25, 0.3) is 10.9 Å². The molecule has 0 bridgehead atoms. The van der Waals surface area contributed by atoms with Crippen molar-refractivity contribution in [3.05, 3.63) is 83.8 Å². The molecule has 1 saturated carbocycles. The molecule has 2 N–H and O–H groups in total. The minimum Gasteiger partial charge on any atom is -0.510 e. The van der Waals surface area contributed by atoms with E-state index in [1.807, 2.05) is 0 Å². The third-order valence-corrected chi connectivity index (χ3v) is 7.24. The first-order valence-electron chi connectivity index (χ1n) is 13.0. The van der Waals surface area contributed by atoms with Crippen molar-refractivity contribution in [2.24, 2.45) is 5.41 Å². The summed E-state index contributed by atoms with van der Waals surface area (Å²) in [6, 6.07) is 15.7. The number of methoxy groups -OCH3 is 2. The lowest BCUT2D eigenvalue weighted by Gasteiger charge is -2.16. The topological polar surface area (TPSA) is 134 Å². The Morgan fingerprint density at radius 1 is 0.905 bits per heavy atom. The number of rotatable bonds is 13. The molecule has 1 aliphatic rings. The van der Waals surface area contributed by atoms with E-state index in [-0.39, 0.29) is 35.7 Å². The Morgan fingerprint density at radius 2 is 1.60 bits per heavy atom. The SMILES string of the molecule is COc1cc2nccc(Oc3ccc(CC(=O)C4(C(=O)Cc5ccc(F)cc5OB(O)OO)CC4)cc3)c2cc1OC. The highest BCUT2D eigenvalue weighted by Crippen LogP contribution is 2.49. The Bertz CT molecular complexity index is 1630. The molecule has 1 heterocycles. The summed E-state index contributed by atoms with van der Waals surface area (Å²) in [5.74, 6) is 0.803. The van der Waals surface area contributed by atoms with Gasteiger partial charge in [0, 0.05) is 42.1 Å². The van der Waals surface area contributed by atoms with Crippen molar-refractivity contribution in [1.29, 1.82) is 0 Å². The van der Waals surface area contributed by atoms with Gasteiger partial charge in [-0.05, 0) is 48.7 Å². The van der Waals surface area contributed by atoms with Crippen molar-refractivity contribution in [2.45, 2.75) is 25.7 Å². The fraction of sp³-hybridized carbons (Fsp3) is 0.233. The van der Waals surface area contributed by atoms with E-state index < -0.39 is 18.6 Å². The van der Waals surface area contributed by atoms with Crippen LogP contribution in [0, 0.1) is 11.2 Å². The highest BCUT2D eigenvalue weighted by Gasteiger charge is 2.54. The van der Waals surface area contributed by atoms with Gasteiger partial charge in [0.2, 0.25) is 0 Å².